The highest BCUT2D eigenvalue weighted by molar-refractivity contribution is 7.99. The van der Waals surface area contributed by atoms with E-state index >= 15 is 0 Å². The van der Waals surface area contributed by atoms with Gasteiger partial charge in [0.05, 0.1) is 6.61 Å². The van der Waals surface area contributed by atoms with Crippen LogP contribution in [0.1, 0.15) is 12.8 Å². The van der Waals surface area contributed by atoms with Gasteiger partial charge in [-0.3, -0.25) is 0 Å². The van der Waals surface area contributed by atoms with E-state index in [9.17, 15) is 9.50 Å². The number of thioether (sulfide) groups is 1. The molecule has 2 rings (SSSR count). The molecule has 0 aliphatic carbocycles. The van der Waals surface area contributed by atoms with Crippen LogP contribution < -0.4 is 4.74 Å². The molecule has 0 bridgehead atoms. The molecule has 0 spiro atoms. The fraction of sp³-hybridized carbons (Fsp3) is 0.571. The molecular weight excluding hydrogens is 251 g/mol. The summed E-state index contributed by atoms with van der Waals surface area (Å²) in [5, 5.41) is 9.45. The van der Waals surface area contributed by atoms with Gasteiger partial charge in [-0.1, -0.05) is 6.07 Å². The molecule has 0 aromatic heterocycles. The van der Waals surface area contributed by atoms with E-state index in [1.165, 1.54) is 23.6 Å². The van der Waals surface area contributed by atoms with E-state index in [-0.39, 0.29) is 18.3 Å². The standard InChI is InChI=1S/C14H19FO2S/c15-13-2-1-3-14(8-13)17-10-12(9-16)11-4-6-18-7-5-11/h1-3,8,11-12,16H,4-7,9-10H2. The molecule has 0 radical (unpaired) electrons. The van der Waals surface area contributed by atoms with Crippen molar-refractivity contribution in [3.63, 3.8) is 0 Å². The zero-order chi connectivity index (χ0) is 12.8. The van der Waals surface area contributed by atoms with Crippen LogP contribution in [0.15, 0.2) is 24.3 Å². The molecule has 2 nitrogen and oxygen atoms in total. The maximum atomic E-state index is 13.0. The number of rotatable bonds is 5. The molecule has 100 valence electrons. The Hall–Kier alpha value is -0.740. The summed E-state index contributed by atoms with van der Waals surface area (Å²) in [6, 6.07) is 6.16. The average molecular weight is 270 g/mol. The van der Waals surface area contributed by atoms with E-state index in [4.69, 9.17) is 4.74 Å². The molecular formula is C14H19FO2S. The highest BCUT2D eigenvalue weighted by Gasteiger charge is 2.23. The van der Waals surface area contributed by atoms with E-state index in [2.05, 4.69) is 0 Å². The van der Waals surface area contributed by atoms with Crippen LogP contribution in [0.5, 0.6) is 5.75 Å². The number of aliphatic hydroxyl groups excluding tert-OH is 1. The predicted molar refractivity (Wildman–Crippen MR) is 72.5 cm³/mol. The lowest BCUT2D eigenvalue weighted by Crippen LogP contribution is -2.28. The van der Waals surface area contributed by atoms with Crippen LogP contribution in [0, 0.1) is 17.7 Å². The third-order valence-electron chi connectivity index (χ3n) is 3.43. The molecule has 1 N–H and O–H groups in total. The van der Waals surface area contributed by atoms with E-state index in [0.717, 1.165) is 12.8 Å². The van der Waals surface area contributed by atoms with Crippen molar-refractivity contribution in [1.29, 1.82) is 0 Å². The van der Waals surface area contributed by atoms with Crippen LogP contribution in [0.3, 0.4) is 0 Å². The van der Waals surface area contributed by atoms with Crippen molar-refractivity contribution >= 4 is 11.8 Å². The molecule has 1 atom stereocenters. The second kappa shape index (κ2) is 7.00. The van der Waals surface area contributed by atoms with Crippen molar-refractivity contribution in [2.24, 2.45) is 11.8 Å². The lowest BCUT2D eigenvalue weighted by Gasteiger charge is -2.28. The minimum Gasteiger partial charge on any atom is -0.493 e. The third-order valence-corrected chi connectivity index (χ3v) is 4.48. The van der Waals surface area contributed by atoms with Crippen LogP contribution in [0.4, 0.5) is 4.39 Å². The number of hydrogen-bond donors (Lipinski definition) is 1. The summed E-state index contributed by atoms with van der Waals surface area (Å²) in [5.74, 6) is 3.28. The zero-order valence-corrected chi connectivity index (χ0v) is 11.2. The topological polar surface area (TPSA) is 29.5 Å². The maximum Gasteiger partial charge on any atom is 0.126 e. The number of benzene rings is 1. The van der Waals surface area contributed by atoms with Crippen molar-refractivity contribution in [2.75, 3.05) is 24.7 Å². The van der Waals surface area contributed by atoms with Gasteiger partial charge >= 0.3 is 0 Å². The molecule has 4 heteroatoms. The Morgan fingerprint density at radius 3 is 2.83 bits per heavy atom. The van der Waals surface area contributed by atoms with Crippen molar-refractivity contribution in [3.05, 3.63) is 30.1 Å². The van der Waals surface area contributed by atoms with Gasteiger partial charge in [-0.15, -0.1) is 0 Å². The van der Waals surface area contributed by atoms with Crippen LogP contribution in [-0.2, 0) is 0 Å². The predicted octanol–water partition coefficient (Wildman–Crippen LogP) is 2.96. The van der Waals surface area contributed by atoms with Gasteiger partial charge in [0.1, 0.15) is 11.6 Å². The summed E-state index contributed by atoms with van der Waals surface area (Å²) in [6.45, 7) is 0.611. The van der Waals surface area contributed by atoms with E-state index in [1.807, 2.05) is 11.8 Å². The first-order valence-corrected chi connectivity index (χ1v) is 7.52. The summed E-state index contributed by atoms with van der Waals surface area (Å²) in [6.07, 6.45) is 2.28. The van der Waals surface area contributed by atoms with Gasteiger partial charge < -0.3 is 9.84 Å². The zero-order valence-electron chi connectivity index (χ0n) is 10.3. The van der Waals surface area contributed by atoms with Crippen LogP contribution in [0.2, 0.25) is 0 Å². The molecule has 1 unspecified atom stereocenters. The van der Waals surface area contributed by atoms with Crippen molar-refractivity contribution in [1.82, 2.24) is 0 Å². The molecule has 0 amide bonds. The summed E-state index contributed by atoms with van der Waals surface area (Å²) >= 11 is 1.97. The Morgan fingerprint density at radius 1 is 1.39 bits per heavy atom. The van der Waals surface area contributed by atoms with Crippen molar-refractivity contribution in [2.45, 2.75) is 12.8 Å². The van der Waals surface area contributed by atoms with E-state index in [1.54, 1.807) is 12.1 Å². The monoisotopic (exact) mass is 270 g/mol. The number of ether oxygens (including phenoxy) is 1. The van der Waals surface area contributed by atoms with Crippen molar-refractivity contribution in [3.8, 4) is 5.75 Å². The summed E-state index contributed by atoms with van der Waals surface area (Å²) < 4.78 is 18.6. The summed E-state index contributed by atoms with van der Waals surface area (Å²) in [5.41, 5.74) is 0. The van der Waals surface area contributed by atoms with Gasteiger partial charge in [-0.2, -0.15) is 11.8 Å². The highest BCUT2D eigenvalue weighted by Crippen LogP contribution is 2.29. The Labute approximate surface area is 112 Å². The molecule has 1 aliphatic rings. The first-order valence-electron chi connectivity index (χ1n) is 6.36. The first kappa shape index (κ1) is 13.7. The molecule has 0 saturated carbocycles. The lowest BCUT2D eigenvalue weighted by molar-refractivity contribution is 0.113. The van der Waals surface area contributed by atoms with Crippen LogP contribution in [-0.4, -0.2) is 29.8 Å². The van der Waals surface area contributed by atoms with Gasteiger partial charge in [0, 0.05) is 18.6 Å². The van der Waals surface area contributed by atoms with Gasteiger partial charge in [-0.05, 0) is 42.4 Å². The van der Waals surface area contributed by atoms with E-state index < -0.39 is 0 Å². The highest BCUT2D eigenvalue weighted by atomic mass is 32.2. The number of hydrogen-bond acceptors (Lipinski definition) is 3. The van der Waals surface area contributed by atoms with Gasteiger partial charge in [0.15, 0.2) is 0 Å². The largest absolute Gasteiger partial charge is 0.493 e. The minimum absolute atomic E-state index is 0.144. The van der Waals surface area contributed by atoms with Gasteiger partial charge in [0.2, 0.25) is 0 Å². The smallest absolute Gasteiger partial charge is 0.126 e. The molecule has 1 aromatic carbocycles. The summed E-state index contributed by atoms with van der Waals surface area (Å²) in [7, 11) is 0. The Bertz CT molecular complexity index is 367. The summed E-state index contributed by atoms with van der Waals surface area (Å²) in [4.78, 5) is 0. The number of aliphatic hydroxyl groups is 1. The minimum atomic E-state index is -0.290. The Balaban J connectivity index is 1.86. The second-order valence-corrected chi connectivity index (χ2v) is 5.89. The van der Waals surface area contributed by atoms with Gasteiger partial charge in [-0.25, -0.2) is 4.39 Å². The normalized spacial score (nSPS) is 18.6. The molecule has 1 fully saturated rings. The first-order chi connectivity index (χ1) is 8.79. The average Bonchev–Trinajstić information content (AvgIpc) is 2.41. The molecule has 1 aromatic rings. The molecule has 1 saturated heterocycles. The van der Waals surface area contributed by atoms with E-state index in [0.29, 0.717) is 18.3 Å². The van der Waals surface area contributed by atoms with Gasteiger partial charge in [0.25, 0.3) is 0 Å². The number of halogens is 1. The van der Waals surface area contributed by atoms with Crippen LogP contribution in [0.25, 0.3) is 0 Å². The third kappa shape index (κ3) is 3.89. The second-order valence-electron chi connectivity index (χ2n) is 4.66. The molecule has 1 heterocycles. The Morgan fingerprint density at radius 2 is 2.17 bits per heavy atom. The fourth-order valence-corrected chi connectivity index (χ4v) is 3.43. The quantitative estimate of drug-likeness (QED) is 0.892. The lowest BCUT2D eigenvalue weighted by atomic mass is 9.88. The molecule has 1 aliphatic heterocycles. The van der Waals surface area contributed by atoms with Crippen molar-refractivity contribution < 1.29 is 14.2 Å². The Kier molecular flexibility index (Phi) is 5.32. The van der Waals surface area contributed by atoms with Crippen LogP contribution >= 0.6 is 11.8 Å². The maximum absolute atomic E-state index is 13.0. The SMILES string of the molecule is OCC(COc1cccc(F)c1)C1CCSCC1. The fourth-order valence-electron chi connectivity index (χ4n) is 2.29. The molecule has 18 heavy (non-hydrogen) atoms.